The Kier molecular flexibility index (Phi) is 7.12. The second kappa shape index (κ2) is 9.64. The quantitative estimate of drug-likeness (QED) is 0.613. The molecule has 10 heteroatoms. The van der Waals surface area contributed by atoms with Crippen LogP contribution >= 0.6 is 11.3 Å². The van der Waals surface area contributed by atoms with Gasteiger partial charge in [0.15, 0.2) is 0 Å². The highest BCUT2D eigenvalue weighted by Gasteiger charge is 2.45. The summed E-state index contributed by atoms with van der Waals surface area (Å²) < 4.78 is 19.6. The van der Waals surface area contributed by atoms with Gasteiger partial charge in [-0.2, -0.15) is 0 Å². The number of aromatic nitrogens is 1. The molecule has 1 unspecified atom stereocenters. The molecule has 0 radical (unpaired) electrons. The molecule has 32 heavy (non-hydrogen) atoms. The Morgan fingerprint density at radius 2 is 2.00 bits per heavy atom. The van der Waals surface area contributed by atoms with Gasteiger partial charge in [-0.25, -0.2) is 9.18 Å². The number of rotatable bonds is 7. The maximum atomic E-state index is 14.5. The summed E-state index contributed by atoms with van der Waals surface area (Å²) in [7, 11) is 0. The largest absolute Gasteiger partial charge is 0.444 e. The van der Waals surface area contributed by atoms with E-state index >= 15 is 0 Å². The first-order valence-electron chi connectivity index (χ1n) is 10.3. The molecule has 0 saturated carbocycles. The maximum absolute atomic E-state index is 14.5. The molecule has 0 bridgehead atoms. The van der Waals surface area contributed by atoms with Crippen molar-refractivity contribution in [2.75, 3.05) is 13.1 Å². The van der Waals surface area contributed by atoms with Gasteiger partial charge in [-0.05, 0) is 45.7 Å². The van der Waals surface area contributed by atoms with Crippen LogP contribution in [-0.2, 0) is 9.53 Å². The topological polar surface area (TPSA) is 101 Å². The smallest absolute Gasteiger partial charge is 0.407 e. The van der Waals surface area contributed by atoms with Crippen molar-refractivity contribution in [3.8, 4) is 0 Å². The maximum Gasteiger partial charge on any atom is 0.407 e. The minimum Gasteiger partial charge on any atom is -0.444 e. The zero-order chi connectivity index (χ0) is 23.5. The Bertz CT molecular complexity index is 990. The van der Waals surface area contributed by atoms with Gasteiger partial charge in [-0.1, -0.05) is 12.1 Å². The van der Waals surface area contributed by atoms with Crippen LogP contribution in [-0.4, -0.2) is 46.5 Å². The van der Waals surface area contributed by atoms with Crippen molar-refractivity contribution in [3.05, 3.63) is 51.7 Å². The third-order valence-corrected chi connectivity index (χ3v) is 5.86. The summed E-state index contributed by atoms with van der Waals surface area (Å²) in [6.45, 7) is 7.69. The van der Waals surface area contributed by atoms with E-state index in [0.717, 1.165) is 4.88 Å². The van der Waals surface area contributed by atoms with Crippen LogP contribution in [0, 0.1) is 5.82 Å². The molecule has 172 valence electrons. The van der Waals surface area contributed by atoms with Crippen molar-refractivity contribution in [2.24, 2.45) is 0 Å². The Hall–Kier alpha value is -3.01. The first-order chi connectivity index (χ1) is 15.1. The highest BCUT2D eigenvalue weighted by Crippen LogP contribution is 2.41. The van der Waals surface area contributed by atoms with Gasteiger partial charge in [0.25, 0.3) is 5.91 Å². The zero-order valence-corrected chi connectivity index (χ0v) is 19.3. The summed E-state index contributed by atoms with van der Waals surface area (Å²) >= 11 is 1.36. The molecule has 1 aliphatic heterocycles. The number of amides is 3. The van der Waals surface area contributed by atoms with Crippen LogP contribution in [0.1, 0.15) is 67.0 Å². The first kappa shape index (κ1) is 23.6. The molecule has 2 atom stereocenters. The average Bonchev–Trinajstić information content (AvgIpc) is 3.33. The molecule has 2 heterocycles. The molecule has 8 nitrogen and oxygen atoms in total. The normalized spacial score (nSPS) is 16.5. The summed E-state index contributed by atoms with van der Waals surface area (Å²) in [5.74, 6) is -1.58. The van der Waals surface area contributed by atoms with Gasteiger partial charge in [0.2, 0.25) is 5.91 Å². The average molecular weight is 463 g/mol. The molecular formula is C22H27FN4O4S. The van der Waals surface area contributed by atoms with Crippen molar-refractivity contribution >= 4 is 29.2 Å². The lowest BCUT2D eigenvalue weighted by molar-refractivity contribution is -0.126. The van der Waals surface area contributed by atoms with Crippen LogP contribution in [0.5, 0.6) is 0 Å². The van der Waals surface area contributed by atoms with E-state index in [4.69, 9.17) is 4.74 Å². The van der Waals surface area contributed by atoms with Crippen molar-refractivity contribution < 1.29 is 23.5 Å². The molecule has 1 aromatic carbocycles. The zero-order valence-electron chi connectivity index (χ0n) is 18.5. The summed E-state index contributed by atoms with van der Waals surface area (Å²) in [5.41, 5.74) is 1.33. The van der Waals surface area contributed by atoms with Crippen molar-refractivity contribution in [2.45, 2.75) is 51.8 Å². The number of hydrogen-bond donors (Lipinski definition) is 2. The number of hydrogen-bond acceptors (Lipinski definition) is 6. The van der Waals surface area contributed by atoms with Gasteiger partial charge < -0.3 is 20.3 Å². The molecular weight excluding hydrogens is 435 g/mol. The predicted octanol–water partition coefficient (Wildman–Crippen LogP) is 3.57. The van der Waals surface area contributed by atoms with Gasteiger partial charge in [0.1, 0.15) is 17.5 Å². The summed E-state index contributed by atoms with van der Waals surface area (Å²) in [4.78, 5) is 44.1. The highest BCUT2D eigenvalue weighted by atomic mass is 32.1. The second-order valence-corrected chi connectivity index (χ2v) is 9.39. The first-order valence-corrected chi connectivity index (χ1v) is 11.2. The number of fused-ring (bicyclic) bond motifs is 1. The van der Waals surface area contributed by atoms with Gasteiger partial charge in [-0.3, -0.25) is 14.6 Å². The van der Waals surface area contributed by atoms with E-state index in [1.54, 1.807) is 45.5 Å². The number of carbonyl (C=O) groups is 3. The van der Waals surface area contributed by atoms with E-state index in [-0.39, 0.29) is 12.1 Å². The van der Waals surface area contributed by atoms with Crippen LogP contribution < -0.4 is 10.6 Å². The Labute approximate surface area is 190 Å². The van der Waals surface area contributed by atoms with Gasteiger partial charge >= 0.3 is 6.09 Å². The van der Waals surface area contributed by atoms with E-state index in [1.807, 2.05) is 0 Å². The van der Waals surface area contributed by atoms with Crippen LogP contribution in [0.15, 0.2) is 29.9 Å². The Balaban J connectivity index is 1.67. The lowest BCUT2D eigenvalue weighted by Crippen LogP contribution is -2.41. The number of nitrogens with one attached hydrogen (secondary N) is 2. The molecule has 2 N–H and O–H groups in total. The lowest BCUT2D eigenvalue weighted by Gasteiger charge is -2.29. The summed E-state index contributed by atoms with van der Waals surface area (Å²) in [5, 5.41) is 5.42. The summed E-state index contributed by atoms with van der Waals surface area (Å²) in [6, 6.07) is 2.90. The SMILES string of the molecule is C[C@H](c1cncs1)N1C(=O)c2c(F)cccc2C1C(=O)NCCCNC(=O)OC(C)(C)C. The highest BCUT2D eigenvalue weighted by molar-refractivity contribution is 7.09. The lowest BCUT2D eigenvalue weighted by atomic mass is 10.0. The number of carbonyl (C=O) groups excluding carboxylic acids is 3. The fraction of sp³-hybridized carbons (Fsp3) is 0.455. The van der Waals surface area contributed by atoms with Gasteiger partial charge in [0.05, 0.1) is 17.1 Å². The third-order valence-electron chi connectivity index (χ3n) is 4.92. The summed E-state index contributed by atoms with van der Waals surface area (Å²) in [6.07, 6.45) is 1.57. The van der Waals surface area contributed by atoms with Gasteiger partial charge in [0, 0.05) is 24.2 Å². The van der Waals surface area contributed by atoms with Crippen LogP contribution in [0.3, 0.4) is 0 Å². The molecule has 0 fully saturated rings. The molecule has 1 aromatic heterocycles. The van der Waals surface area contributed by atoms with Gasteiger partial charge in [-0.15, -0.1) is 11.3 Å². The molecule has 3 rings (SSSR count). The van der Waals surface area contributed by atoms with Crippen molar-refractivity contribution in [3.63, 3.8) is 0 Å². The van der Waals surface area contributed by atoms with Crippen molar-refractivity contribution in [1.29, 1.82) is 0 Å². The standard InChI is InChI=1S/C22H27FN4O4S/c1-13(16-11-24-12-32-16)27-18(14-7-5-8-15(23)17(14)20(27)29)19(28)25-9-6-10-26-21(30)31-22(2,3)4/h5,7-8,11-13,18H,6,9-10H2,1-4H3,(H,25,28)(H,26,30)/t13-,18?/m1/s1. The molecule has 2 aromatic rings. The fourth-order valence-electron chi connectivity index (χ4n) is 3.53. The minimum atomic E-state index is -0.955. The van der Waals surface area contributed by atoms with Crippen LogP contribution in [0.4, 0.5) is 9.18 Å². The minimum absolute atomic E-state index is 0.0735. The number of alkyl carbamates (subject to hydrolysis) is 1. The van der Waals surface area contributed by atoms with E-state index < -0.39 is 41.4 Å². The van der Waals surface area contributed by atoms with E-state index in [0.29, 0.717) is 18.5 Å². The van der Waals surface area contributed by atoms with Crippen molar-refractivity contribution in [1.82, 2.24) is 20.5 Å². The van der Waals surface area contributed by atoms with Crippen LogP contribution in [0.25, 0.3) is 0 Å². The van der Waals surface area contributed by atoms with Crippen LogP contribution in [0.2, 0.25) is 0 Å². The Morgan fingerprint density at radius 3 is 2.66 bits per heavy atom. The van der Waals surface area contributed by atoms with E-state index in [9.17, 15) is 18.8 Å². The predicted molar refractivity (Wildman–Crippen MR) is 118 cm³/mol. The molecule has 0 spiro atoms. The number of ether oxygens (including phenoxy) is 1. The number of halogens is 1. The second-order valence-electron chi connectivity index (χ2n) is 8.47. The Morgan fingerprint density at radius 1 is 1.28 bits per heavy atom. The third kappa shape index (κ3) is 5.24. The fourth-order valence-corrected chi connectivity index (χ4v) is 4.20. The monoisotopic (exact) mass is 462 g/mol. The number of benzene rings is 1. The number of nitrogens with zero attached hydrogens (tertiary/aromatic N) is 2. The molecule has 0 aliphatic carbocycles. The molecule has 0 saturated heterocycles. The van der Waals surface area contributed by atoms with E-state index in [1.165, 1.54) is 28.4 Å². The molecule has 1 aliphatic rings. The van der Waals surface area contributed by atoms with E-state index in [2.05, 4.69) is 15.6 Å². The molecule has 3 amide bonds. The number of thiazole rings is 1.